The number of hydrogen-bond acceptors (Lipinski definition) is 4. The van der Waals surface area contributed by atoms with Crippen molar-refractivity contribution < 1.29 is 0 Å². The molecule has 0 bridgehead atoms. The Labute approximate surface area is 125 Å². The van der Waals surface area contributed by atoms with Crippen LogP contribution in [0.2, 0.25) is 0 Å². The van der Waals surface area contributed by atoms with Gasteiger partial charge in [0.25, 0.3) is 0 Å². The Kier molecular flexibility index (Phi) is 3.53. The summed E-state index contributed by atoms with van der Waals surface area (Å²) in [5, 5.41) is 3.49. The molecule has 3 rings (SSSR count). The highest BCUT2D eigenvalue weighted by Crippen LogP contribution is 2.34. The molecule has 0 fully saturated rings. The Hall–Kier alpha value is -2.10. The van der Waals surface area contributed by atoms with Crippen molar-refractivity contribution in [2.75, 3.05) is 11.1 Å². The van der Waals surface area contributed by atoms with Crippen molar-refractivity contribution in [3.63, 3.8) is 0 Å². The second kappa shape index (κ2) is 5.35. The Morgan fingerprint density at radius 1 is 1.24 bits per heavy atom. The third-order valence-electron chi connectivity index (χ3n) is 4.01. The van der Waals surface area contributed by atoms with Gasteiger partial charge in [-0.15, -0.1) is 0 Å². The third-order valence-corrected chi connectivity index (χ3v) is 4.01. The van der Waals surface area contributed by atoms with Crippen LogP contribution in [0, 0.1) is 6.92 Å². The summed E-state index contributed by atoms with van der Waals surface area (Å²) in [6, 6.07) is 8.50. The van der Waals surface area contributed by atoms with Crippen molar-refractivity contribution in [1.29, 1.82) is 0 Å². The molecule has 4 heteroatoms. The second-order valence-electron chi connectivity index (χ2n) is 6.11. The van der Waals surface area contributed by atoms with Gasteiger partial charge in [0.2, 0.25) is 5.95 Å². The maximum absolute atomic E-state index is 5.86. The summed E-state index contributed by atoms with van der Waals surface area (Å²) >= 11 is 0. The first-order valence-electron chi connectivity index (χ1n) is 7.53. The van der Waals surface area contributed by atoms with Gasteiger partial charge in [-0.1, -0.05) is 19.9 Å². The summed E-state index contributed by atoms with van der Waals surface area (Å²) in [7, 11) is 0. The first-order chi connectivity index (χ1) is 10.0. The highest BCUT2D eigenvalue weighted by molar-refractivity contribution is 5.49. The Morgan fingerprint density at radius 2 is 2.05 bits per heavy atom. The van der Waals surface area contributed by atoms with E-state index in [1.54, 1.807) is 0 Å². The Balaban J connectivity index is 1.86. The summed E-state index contributed by atoms with van der Waals surface area (Å²) in [5.41, 5.74) is 11.4. The van der Waals surface area contributed by atoms with Crippen LogP contribution in [0.5, 0.6) is 0 Å². The van der Waals surface area contributed by atoms with E-state index < -0.39 is 0 Å². The monoisotopic (exact) mass is 282 g/mol. The maximum Gasteiger partial charge on any atom is 0.223 e. The first kappa shape index (κ1) is 13.9. The molecule has 0 saturated carbocycles. The molecule has 4 nitrogen and oxygen atoms in total. The quantitative estimate of drug-likeness (QED) is 0.844. The van der Waals surface area contributed by atoms with Crippen molar-refractivity contribution in [3.05, 3.63) is 46.8 Å². The lowest BCUT2D eigenvalue weighted by atomic mass is 10.1. The van der Waals surface area contributed by atoms with E-state index in [9.17, 15) is 0 Å². The van der Waals surface area contributed by atoms with Crippen molar-refractivity contribution in [2.24, 2.45) is 0 Å². The molecule has 0 amide bonds. The molecule has 1 atom stereocenters. The number of nitrogens with zero attached hydrogens (tertiary/aromatic N) is 2. The topological polar surface area (TPSA) is 63.8 Å². The smallest absolute Gasteiger partial charge is 0.223 e. The predicted octanol–water partition coefficient (Wildman–Crippen LogP) is 3.59. The summed E-state index contributed by atoms with van der Waals surface area (Å²) in [5.74, 6) is 1.14. The summed E-state index contributed by atoms with van der Waals surface area (Å²) < 4.78 is 0. The van der Waals surface area contributed by atoms with Crippen LogP contribution in [0.15, 0.2) is 24.3 Å². The van der Waals surface area contributed by atoms with E-state index in [1.807, 2.05) is 13.0 Å². The van der Waals surface area contributed by atoms with E-state index >= 15 is 0 Å². The fraction of sp³-hybridized carbons (Fsp3) is 0.412. The molecule has 0 aliphatic heterocycles. The zero-order valence-electron chi connectivity index (χ0n) is 12.9. The molecular weight excluding hydrogens is 260 g/mol. The predicted molar refractivity (Wildman–Crippen MR) is 86.4 cm³/mol. The number of aryl methyl sites for hydroxylation is 2. The summed E-state index contributed by atoms with van der Waals surface area (Å²) in [6.45, 7) is 6.32. The van der Waals surface area contributed by atoms with Gasteiger partial charge in [0.15, 0.2) is 0 Å². The van der Waals surface area contributed by atoms with Crippen LogP contribution in [-0.2, 0) is 6.42 Å². The lowest BCUT2D eigenvalue weighted by molar-refractivity contribution is 0.740. The highest BCUT2D eigenvalue weighted by Gasteiger charge is 2.23. The largest absolute Gasteiger partial charge is 0.399 e. The molecule has 3 N–H and O–H groups in total. The molecule has 1 unspecified atom stereocenters. The lowest BCUT2D eigenvalue weighted by Crippen LogP contribution is -2.12. The van der Waals surface area contributed by atoms with E-state index in [4.69, 9.17) is 5.73 Å². The van der Waals surface area contributed by atoms with Crippen LogP contribution in [0.4, 0.5) is 11.6 Å². The molecular formula is C17H22N4. The fourth-order valence-electron chi connectivity index (χ4n) is 2.90. The van der Waals surface area contributed by atoms with Crippen molar-refractivity contribution in [3.8, 4) is 0 Å². The number of nitrogens with two attached hydrogens (primary N) is 1. The molecule has 1 aromatic heterocycles. The van der Waals surface area contributed by atoms with Gasteiger partial charge < -0.3 is 11.1 Å². The molecule has 0 saturated heterocycles. The van der Waals surface area contributed by atoms with E-state index in [-0.39, 0.29) is 6.04 Å². The van der Waals surface area contributed by atoms with Gasteiger partial charge >= 0.3 is 0 Å². The van der Waals surface area contributed by atoms with Gasteiger partial charge in [-0.05, 0) is 55.0 Å². The molecule has 110 valence electrons. The van der Waals surface area contributed by atoms with Crippen LogP contribution >= 0.6 is 0 Å². The highest BCUT2D eigenvalue weighted by atomic mass is 15.1. The maximum atomic E-state index is 5.86. The van der Waals surface area contributed by atoms with E-state index in [0.717, 1.165) is 35.9 Å². The van der Waals surface area contributed by atoms with Crippen LogP contribution in [-0.4, -0.2) is 9.97 Å². The Morgan fingerprint density at radius 3 is 2.81 bits per heavy atom. The van der Waals surface area contributed by atoms with Crippen LogP contribution < -0.4 is 11.1 Å². The Bertz CT molecular complexity index is 664. The number of nitrogen functional groups attached to an aromatic ring is 1. The van der Waals surface area contributed by atoms with E-state index in [2.05, 4.69) is 47.3 Å². The standard InChI is InChI=1S/C17H22N4/c1-10(2)16-8-11(3)19-17(21-16)20-15-7-4-12-9-13(18)5-6-14(12)15/h5-6,8-10,15H,4,7,18H2,1-3H3,(H,19,20,21). The van der Waals surface area contributed by atoms with Crippen molar-refractivity contribution in [1.82, 2.24) is 9.97 Å². The third kappa shape index (κ3) is 2.84. The number of nitrogens with one attached hydrogen (secondary N) is 1. The van der Waals surface area contributed by atoms with E-state index in [0.29, 0.717) is 5.92 Å². The van der Waals surface area contributed by atoms with Crippen LogP contribution in [0.1, 0.15) is 54.7 Å². The molecule has 0 radical (unpaired) electrons. The van der Waals surface area contributed by atoms with Gasteiger partial charge in [0.1, 0.15) is 0 Å². The molecule has 1 aliphatic rings. The van der Waals surface area contributed by atoms with Gasteiger partial charge in [0, 0.05) is 17.1 Å². The number of aromatic nitrogens is 2. The zero-order chi connectivity index (χ0) is 15.0. The number of fused-ring (bicyclic) bond motifs is 1. The minimum absolute atomic E-state index is 0.280. The summed E-state index contributed by atoms with van der Waals surface area (Å²) in [4.78, 5) is 9.16. The van der Waals surface area contributed by atoms with Gasteiger partial charge in [-0.3, -0.25) is 0 Å². The van der Waals surface area contributed by atoms with Crippen molar-refractivity contribution in [2.45, 2.75) is 45.6 Å². The molecule has 1 aromatic carbocycles. The number of benzene rings is 1. The minimum atomic E-state index is 0.280. The molecule has 21 heavy (non-hydrogen) atoms. The number of hydrogen-bond donors (Lipinski definition) is 2. The molecule has 1 heterocycles. The lowest BCUT2D eigenvalue weighted by Gasteiger charge is -2.16. The van der Waals surface area contributed by atoms with Gasteiger partial charge in [-0.25, -0.2) is 9.97 Å². The molecule has 1 aliphatic carbocycles. The van der Waals surface area contributed by atoms with Gasteiger partial charge in [-0.2, -0.15) is 0 Å². The van der Waals surface area contributed by atoms with Crippen LogP contribution in [0.25, 0.3) is 0 Å². The molecule has 0 spiro atoms. The fourth-order valence-corrected chi connectivity index (χ4v) is 2.90. The first-order valence-corrected chi connectivity index (χ1v) is 7.53. The normalized spacial score (nSPS) is 17.0. The van der Waals surface area contributed by atoms with Crippen molar-refractivity contribution >= 4 is 11.6 Å². The van der Waals surface area contributed by atoms with E-state index in [1.165, 1.54) is 11.1 Å². The summed E-state index contributed by atoms with van der Waals surface area (Å²) in [6.07, 6.45) is 2.12. The molecule has 2 aromatic rings. The van der Waals surface area contributed by atoms with Crippen LogP contribution in [0.3, 0.4) is 0 Å². The number of rotatable bonds is 3. The number of anilines is 2. The zero-order valence-corrected chi connectivity index (χ0v) is 12.9. The van der Waals surface area contributed by atoms with Gasteiger partial charge in [0.05, 0.1) is 6.04 Å². The SMILES string of the molecule is Cc1cc(C(C)C)nc(NC2CCc3cc(N)ccc32)n1. The second-order valence-corrected chi connectivity index (χ2v) is 6.11. The minimum Gasteiger partial charge on any atom is -0.399 e. The average molecular weight is 282 g/mol. The average Bonchev–Trinajstić information content (AvgIpc) is 2.80.